The Bertz CT molecular complexity index is 498. The fraction of sp³-hybridized carbons (Fsp3) is 0.533. The number of hydrogen-bond donors (Lipinski definition) is 2. The van der Waals surface area contributed by atoms with Crippen molar-refractivity contribution in [3.63, 3.8) is 0 Å². The van der Waals surface area contributed by atoms with E-state index in [0.29, 0.717) is 11.6 Å². The van der Waals surface area contributed by atoms with Gasteiger partial charge in [-0.05, 0) is 31.5 Å². The van der Waals surface area contributed by atoms with Crippen molar-refractivity contribution in [2.75, 3.05) is 26.2 Å². The van der Waals surface area contributed by atoms with Crippen molar-refractivity contribution in [1.82, 2.24) is 15.2 Å². The number of nitrogen functional groups attached to an aromatic ring is 1. The molecule has 2 rings (SSSR count). The topological polar surface area (TPSA) is 61.6 Å². The maximum atomic E-state index is 11.5. The molecule has 1 amide bonds. The number of nitrogens with zero attached hydrogens (tertiary/aromatic N) is 2. The van der Waals surface area contributed by atoms with E-state index in [4.69, 9.17) is 5.84 Å². The van der Waals surface area contributed by atoms with Crippen LogP contribution in [0.3, 0.4) is 0 Å². The summed E-state index contributed by atoms with van der Waals surface area (Å²) in [6.07, 6.45) is 0. The van der Waals surface area contributed by atoms with Gasteiger partial charge in [0.15, 0.2) is 0 Å². The molecule has 1 saturated heterocycles. The average Bonchev–Trinajstić information content (AvgIpc) is 2.49. The Morgan fingerprint density at radius 3 is 2.52 bits per heavy atom. The van der Waals surface area contributed by atoms with Crippen LogP contribution in [-0.4, -0.2) is 47.9 Å². The van der Waals surface area contributed by atoms with E-state index in [2.05, 4.69) is 45.0 Å². The predicted octanol–water partition coefficient (Wildman–Crippen LogP) is 1.58. The van der Waals surface area contributed by atoms with Crippen molar-refractivity contribution >= 4 is 21.8 Å². The van der Waals surface area contributed by atoms with Gasteiger partial charge in [0.1, 0.15) is 0 Å². The van der Waals surface area contributed by atoms with Gasteiger partial charge in [-0.3, -0.25) is 20.0 Å². The fourth-order valence-corrected chi connectivity index (χ4v) is 3.08. The van der Waals surface area contributed by atoms with Crippen LogP contribution in [0.25, 0.3) is 0 Å². The Balaban J connectivity index is 1.96. The molecule has 1 heterocycles. The molecule has 116 valence electrons. The molecule has 0 aliphatic carbocycles. The summed E-state index contributed by atoms with van der Waals surface area (Å²) in [7, 11) is 0. The van der Waals surface area contributed by atoms with Gasteiger partial charge in [0.05, 0.1) is 0 Å². The average molecular weight is 355 g/mol. The Morgan fingerprint density at radius 2 is 2.00 bits per heavy atom. The summed E-state index contributed by atoms with van der Waals surface area (Å²) < 4.78 is 0.954. The monoisotopic (exact) mass is 354 g/mol. The molecule has 1 aliphatic rings. The molecule has 0 bridgehead atoms. The maximum absolute atomic E-state index is 11.5. The van der Waals surface area contributed by atoms with Crippen LogP contribution in [0.1, 0.15) is 29.8 Å². The smallest absolute Gasteiger partial charge is 0.265 e. The lowest BCUT2D eigenvalue weighted by atomic mass is 10.1. The first-order valence-electron chi connectivity index (χ1n) is 7.27. The summed E-state index contributed by atoms with van der Waals surface area (Å²) in [5.74, 6) is 4.88. The molecule has 1 aliphatic heterocycles. The molecule has 1 aromatic rings. The number of amides is 1. The SMILES string of the molecule is CC(C)N1CCN(Cc2ccc(C(=O)NN)cc2Br)CC1. The van der Waals surface area contributed by atoms with Gasteiger partial charge in [0, 0.05) is 48.8 Å². The predicted molar refractivity (Wildman–Crippen MR) is 87.8 cm³/mol. The molecule has 0 saturated carbocycles. The van der Waals surface area contributed by atoms with E-state index in [1.807, 2.05) is 18.2 Å². The molecule has 6 heteroatoms. The van der Waals surface area contributed by atoms with E-state index in [9.17, 15) is 4.79 Å². The lowest BCUT2D eigenvalue weighted by molar-refractivity contribution is 0.0953. The molecule has 0 radical (unpaired) electrons. The lowest BCUT2D eigenvalue weighted by Gasteiger charge is -2.37. The van der Waals surface area contributed by atoms with Gasteiger partial charge >= 0.3 is 0 Å². The Morgan fingerprint density at radius 1 is 1.33 bits per heavy atom. The first-order chi connectivity index (χ1) is 10.0. The molecule has 0 atom stereocenters. The van der Waals surface area contributed by atoms with E-state index >= 15 is 0 Å². The van der Waals surface area contributed by atoms with Crippen LogP contribution in [0.4, 0.5) is 0 Å². The zero-order valence-electron chi connectivity index (χ0n) is 12.6. The van der Waals surface area contributed by atoms with Crippen LogP contribution >= 0.6 is 15.9 Å². The number of halogens is 1. The molecule has 1 fully saturated rings. The number of hydrogen-bond acceptors (Lipinski definition) is 4. The highest BCUT2D eigenvalue weighted by Crippen LogP contribution is 2.21. The van der Waals surface area contributed by atoms with E-state index in [1.54, 1.807) is 0 Å². The summed E-state index contributed by atoms with van der Waals surface area (Å²) >= 11 is 3.55. The number of piperazine rings is 1. The number of carbonyl (C=O) groups is 1. The lowest BCUT2D eigenvalue weighted by Crippen LogP contribution is -2.48. The number of nitrogens with one attached hydrogen (secondary N) is 1. The van der Waals surface area contributed by atoms with Crippen LogP contribution in [-0.2, 0) is 6.54 Å². The van der Waals surface area contributed by atoms with E-state index in [1.165, 1.54) is 5.56 Å². The molecule has 0 aromatic heterocycles. The van der Waals surface area contributed by atoms with Crippen molar-refractivity contribution in [3.05, 3.63) is 33.8 Å². The van der Waals surface area contributed by atoms with E-state index in [-0.39, 0.29) is 5.91 Å². The first-order valence-corrected chi connectivity index (χ1v) is 8.06. The highest BCUT2D eigenvalue weighted by Gasteiger charge is 2.19. The van der Waals surface area contributed by atoms with Crippen molar-refractivity contribution in [2.24, 2.45) is 5.84 Å². The van der Waals surface area contributed by atoms with Crippen LogP contribution in [0.15, 0.2) is 22.7 Å². The fourth-order valence-electron chi connectivity index (χ4n) is 2.58. The quantitative estimate of drug-likeness (QED) is 0.489. The van der Waals surface area contributed by atoms with E-state index < -0.39 is 0 Å². The minimum absolute atomic E-state index is 0.271. The molecule has 3 N–H and O–H groups in total. The number of rotatable bonds is 4. The maximum Gasteiger partial charge on any atom is 0.265 e. The van der Waals surface area contributed by atoms with Gasteiger partial charge in [-0.25, -0.2) is 5.84 Å². The zero-order valence-corrected chi connectivity index (χ0v) is 14.2. The third kappa shape index (κ3) is 4.26. The van der Waals surface area contributed by atoms with Gasteiger partial charge in [0.25, 0.3) is 5.91 Å². The zero-order chi connectivity index (χ0) is 15.4. The highest BCUT2D eigenvalue weighted by molar-refractivity contribution is 9.10. The summed E-state index contributed by atoms with van der Waals surface area (Å²) in [6.45, 7) is 9.77. The molecule has 5 nitrogen and oxygen atoms in total. The summed E-state index contributed by atoms with van der Waals surface area (Å²) in [4.78, 5) is 16.4. The molecule has 0 spiro atoms. The van der Waals surface area contributed by atoms with Gasteiger partial charge in [0.2, 0.25) is 0 Å². The van der Waals surface area contributed by atoms with E-state index in [0.717, 1.165) is 37.2 Å². The summed E-state index contributed by atoms with van der Waals surface area (Å²) in [5.41, 5.74) is 3.91. The van der Waals surface area contributed by atoms with Crippen LogP contribution in [0, 0.1) is 0 Å². The second-order valence-electron chi connectivity index (χ2n) is 5.69. The number of nitrogens with two attached hydrogens (primary N) is 1. The largest absolute Gasteiger partial charge is 0.298 e. The number of benzene rings is 1. The summed E-state index contributed by atoms with van der Waals surface area (Å²) in [6, 6.07) is 6.24. The van der Waals surface area contributed by atoms with Crippen molar-refractivity contribution in [2.45, 2.75) is 26.4 Å². The molecular formula is C15H23BrN4O. The number of carbonyl (C=O) groups excluding carboxylic acids is 1. The summed E-state index contributed by atoms with van der Waals surface area (Å²) in [5, 5.41) is 0. The molecule has 1 aromatic carbocycles. The second-order valence-corrected chi connectivity index (χ2v) is 6.54. The van der Waals surface area contributed by atoms with Crippen LogP contribution in [0.5, 0.6) is 0 Å². The Hall–Kier alpha value is -0.950. The normalized spacial score (nSPS) is 17.2. The highest BCUT2D eigenvalue weighted by atomic mass is 79.9. The Labute approximate surface area is 134 Å². The standard InChI is InChI=1S/C15H23BrN4O/c1-11(2)20-7-5-19(6-8-20)10-13-4-3-12(9-14(13)16)15(21)18-17/h3-4,9,11H,5-8,10,17H2,1-2H3,(H,18,21). The Kier molecular flexibility index (Phi) is 5.75. The number of hydrazine groups is 1. The van der Waals surface area contributed by atoms with Crippen LogP contribution < -0.4 is 11.3 Å². The van der Waals surface area contributed by atoms with Gasteiger partial charge in [-0.1, -0.05) is 22.0 Å². The van der Waals surface area contributed by atoms with Crippen molar-refractivity contribution in [1.29, 1.82) is 0 Å². The first kappa shape index (κ1) is 16.4. The van der Waals surface area contributed by atoms with Crippen molar-refractivity contribution < 1.29 is 4.79 Å². The van der Waals surface area contributed by atoms with Gasteiger partial charge < -0.3 is 0 Å². The van der Waals surface area contributed by atoms with Crippen molar-refractivity contribution in [3.8, 4) is 0 Å². The van der Waals surface area contributed by atoms with Gasteiger partial charge in [-0.2, -0.15) is 0 Å². The van der Waals surface area contributed by atoms with Crippen LogP contribution in [0.2, 0.25) is 0 Å². The van der Waals surface area contributed by atoms with Gasteiger partial charge in [-0.15, -0.1) is 0 Å². The molecular weight excluding hydrogens is 332 g/mol. The molecule has 0 unspecified atom stereocenters. The molecule has 21 heavy (non-hydrogen) atoms. The second kappa shape index (κ2) is 7.35. The third-order valence-corrected chi connectivity index (χ3v) is 4.72. The third-order valence-electron chi connectivity index (χ3n) is 3.98. The minimum atomic E-state index is -0.271. The minimum Gasteiger partial charge on any atom is -0.298 e.